The predicted octanol–water partition coefficient (Wildman–Crippen LogP) is 2.45. The first-order valence-corrected chi connectivity index (χ1v) is 7.02. The second kappa shape index (κ2) is 6.39. The third-order valence-electron chi connectivity index (χ3n) is 4.31. The minimum Gasteiger partial charge on any atom is -0.354 e. The summed E-state index contributed by atoms with van der Waals surface area (Å²) < 4.78 is 0. The molecule has 1 fully saturated rings. The highest BCUT2D eigenvalue weighted by Gasteiger charge is 2.28. The molecule has 100 valence electrons. The number of carbonyl (C=O) groups is 1. The molecule has 1 rings (SSSR count). The standard InChI is InChI=1S/C14H28N2O/c1-4-11(2)12(15)13(17)16-10-14(3)8-6-5-7-9-14/h11-12H,4-10,15H2,1-3H3,(H,16,17). The Kier molecular flexibility index (Phi) is 5.44. The lowest BCUT2D eigenvalue weighted by molar-refractivity contribution is -0.124. The van der Waals surface area contributed by atoms with E-state index in [2.05, 4.69) is 19.2 Å². The van der Waals surface area contributed by atoms with Gasteiger partial charge in [-0.2, -0.15) is 0 Å². The van der Waals surface area contributed by atoms with E-state index < -0.39 is 0 Å². The van der Waals surface area contributed by atoms with Crippen LogP contribution in [0.25, 0.3) is 0 Å². The van der Waals surface area contributed by atoms with Crippen molar-refractivity contribution in [2.45, 2.75) is 65.3 Å². The lowest BCUT2D eigenvalue weighted by Gasteiger charge is -2.34. The third kappa shape index (κ3) is 4.30. The van der Waals surface area contributed by atoms with Gasteiger partial charge in [-0.3, -0.25) is 4.79 Å². The molecule has 0 saturated heterocycles. The smallest absolute Gasteiger partial charge is 0.237 e. The van der Waals surface area contributed by atoms with E-state index in [9.17, 15) is 4.79 Å². The van der Waals surface area contributed by atoms with E-state index in [1.807, 2.05) is 6.92 Å². The summed E-state index contributed by atoms with van der Waals surface area (Å²) in [4.78, 5) is 11.9. The van der Waals surface area contributed by atoms with E-state index in [0.29, 0.717) is 5.41 Å². The third-order valence-corrected chi connectivity index (χ3v) is 4.31. The minimum atomic E-state index is -0.354. The maximum atomic E-state index is 11.9. The van der Waals surface area contributed by atoms with Crippen molar-refractivity contribution >= 4 is 5.91 Å². The molecule has 0 aromatic heterocycles. The zero-order valence-corrected chi connectivity index (χ0v) is 11.6. The van der Waals surface area contributed by atoms with Crippen molar-refractivity contribution in [3.63, 3.8) is 0 Å². The Morgan fingerprint density at radius 3 is 2.47 bits per heavy atom. The number of hydrogen-bond acceptors (Lipinski definition) is 2. The number of amides is 1. The van der Waals surface area contributed by atoms with Crippen LogP contribution in [0.2, 0.25) is 0 Å². The summed E-state index contributed by atoms with van der Waals surface area (Å²) in [7, 11) is 0. The van der Waals surface area contributed by atoms with Gasteiger partial charge in [0.2, 0.25) is 5.91 Å². The molecule has 2 unspecified atom stereocenters. The van der Waals surface area contributed by atoms with Gasteiger partial charge in [0.15, 0.2) is 0 Å². The van der Waals surface area contributed by atoms with Crippen molar-refractivity contribution in [3.8, 4) is 0 Å². The Labute approximate surface area is 106 Å². The van der Waals surface area contributed by atoms with Crippen LogP contribution in [-0.4, -0.2) is 18.5 Å². The van der Waals surface area contributed by atoms with Gasteiger partial charge in [0.1, 0.15) is 0 Å². The Morgan fingerprint density at radius 2 is 1.94 bits per heavy atom. The van der Waals surface area contributed by atoms with Crippen molar-refractivity contribution in [3.05, 3.63) is 0 Å². The van der Waals surface area contributed by atoms with E-state index >= 15 is 0 Å². The summed E-state index contributed by atoms with van der Waals surface area (Å²) in [6, 6.07) is -0.354. The normalized spacial score (nSPS) is 22.8. The first kappa shape index (κ1) is 14.5. The summed E-state index contributed by atoms with van der Waals surface area (Å²) in [5.41, 5.74) is 6.21. The topological polar surface area (TPSA) is 55.1 Å². The van der Waals surface area contributed by atoms with Gasteiger partial charge in [-0.25, -0.2) is 0 Å². The largest absolute Gasteiger partial charge is 0.354 e. The van der Waals surface area contributed by atoms with Crippen molar-refractivity contribution < 1.29 is 4.79 Å². The molecule has 1 aliphatic rings. The van der Waals surface area contributed by atoms with Crippen molar-refractivity contribution in [1.82, 2.24) is 5.32 Å². The minimum absolute atomic E-state index is 0.0196. The van der Waals surface area contributed by atoms with Crippen molar-refractivity contribution in [2.75, 3.05) is 6.54 Å². The van der Waals surface area contributed by atoms with E-state index in [4.69, 9.17) is 5.73 Å². The zero-order valence-electron chi connectivity index (χ0n) is 11.6. The fourth-order valence-corrected chi connectivity index (χ4v) is 2.51. The lowest BCUT2D eigenvalue weighted by Crippen LogP contribution is -2.47. The molecular weight excluding hydrogens is 212 g/mol. The average molecular weight is 240 g/mol. The Hall–Kier alpha value is -0.570. The Bertz CT molecular complexity index is 247. The fraction of sp³-hybridized carbons (Fsp3) is 0.929. The first-order chi connectivity index (χ1) is 7.98. The summed E-state index contributed by atoms with van der Waals surface area (Å²) in [5, 5.41) is 3.04. The molecule has 1 aliphatic carbocycles. The van der Waals surface area contributed by atoms with Gasteiger partial charge in [-0.1, -0.05) is 46.5 Å². The molecule has 0 spiro atoms. The van der Waals surface area contributed by atoms with Crippen LogP contribution in [0.5, 0.6) is 0 Å². The number of nitrogens with one attached hydrogen (secondary N) is 1. The van der Waals surface area contributed by atoms with Gasteiger partial charge < -0.3 is 11.1 Å². The molecule has 1 amide bonds. The second-order valence-corrected chi connectivity index (χ2v) is 6.00. The van der Waals surface area contributed by atoms with Crippen molar-refractivity contribution in [1.29, 1.82) is 0 Å². The first-order valence-electron chi connectivity index (χ1n) is 7.02. The summed E-state index contributed by atoms with van der Waals surface area (Å²) in [6.07, 6.45) is 7.34. The number of hydrogen-bond donors (Lipinski definition) is 2. The Morgan fingerprint density at radius 1 is 1.35 bits per heavy atom. The highest BCUT2D eigenvalue weighted by Crippen LogP contribution is 2.34. The molecule has 0 heterocycles. The lowest BCUT2D eigenvalue weighted by atomic mass is 9.75. The molecule has 3 N–H and O–H groups in total. The molecular formula is C14H28N2O. The summed E-state index contributed by atoms with van der Waals surface area (Å²) in [6.45, 7) is 7.17. The number of carbonyl (C=O) groups excluding carboxylic acids is 1. The molecule has 17 heavy (non-hydrogen) atoms. The van der Waals surface area contributed by atoms with Gasteiger partial charge in [0.25, 0.3) is 0 Å². The highest BCUT2D eigenvalue weighted by molar-refractivity contribution is 5.81. The van der Waals surface area contributed by atoms with E-state index in [1.54, 1.807) is 0 Å². The van der Waals surface area contributed by atoms with Crippen LogP contribution in [0, 0.1) is 11.3 Å². The van der Waals surface area contributed by atoms with Crippen LogP contribution in [-0.2, 0) is 4.79 Å². The number of nitrogens with two attached hydrogens (primary N) is 1. The molecule has 3 heteroatoms. The van der Waals surface area contributed by atoms with Crippen LogP contribution >= 0.6 is 0 Å². The van der Waals surface area contributed by atoms with Gasteiger partial charge >= 0.3 is 0 Å². The van der Waals surface area contributed by atoms with Crippen LogP contribution in [0.1, 0.15) is 59.3 Å². The van der Waals surface area contributed by atoms with E-state index in [-0.39, 0.29) is 17.9 Å². The van der Waals surface area contributed by atoms with Crippen molar-refractivity contribution in [2.24, 2.45) is 17.1 Å². The highest BCUT2D eigenvalue weighted by atomic mass is 16.2. The van der Waals surface area contributed by atoms with Gasteiger partial charge in [-0.15, -0.1) is 0 Å². The summed E-state index contributed by atoms with van der Waals surface area (Å²) in [5.74, 6) is 0.278. The molecule has 0 bridgehead atoms. The molecule has 0 radical (unpaired) electrons. The molecule has 1 saturated carbocycles. The molecule has 3 nitrogen and oxygen atoms in total. The van der Waals surface area contributed by atoms with Gasteiger partial charge in [0, 0.05) is 6.54 Å². The number of rotatable bonds is 5. The molecule has 0 aromatic carbocycles. The average Bonchev–Trinajstić information content (AvgIpc) is 2.35. The molecule has 0 aromatic rings. The predicted molar refractivity (Wildman–Crippen MR) is 71.6 cm³/mol. The SMILES string of the molecule is CCC(C)C(N)C(=O)NCC1(C)CCCCC1. The van der Waals surface area contributed by atoms with Crippen LogP contribution < -0.4 is 11.1 Å². The van der Waals surface area contributed by atoms with E-state index in [1.165, 1.54) is 32.1 Å². The summed E-state index contributed by atoms with van der Waals surface area (Å²) >= 11 is 0. The van der Waals surface area contributed by atoms with Gasteiger partial charge in [-0.05, 0) is 24.2 Å². The molecule has 0 aliphatic heterocycles. The molecule has 2 atom stereocenters. The monoisotopic (exact) mass is 240 g/mol. The Balaban J connectivity index is 2.36. The van der Waals surface area contributed by atoms with Crippen LogP contribution in [0.4, 0.5) is 0 Å². The van der Waals surface area contributed by atoms with E-state index in [0.717, 1.165) is 13.0 Å². The second-order valence-electron chi connectivity index (χ2n) is 6.00. The maximum Gasteiger partial charge on any atom is 0.237 e. The van der Waals surface area contributed by atoms with Crippen LogP contribution in [0.3, 0.4) is 0 Å². The quantitative estimate of drug-likeness (QED) is 0.775. The fourth-order valence-electron chi connectivity index (χ4n) is 2.51. The maximum absolute atomic E-state index is 11.9. The van der Waals surface area contributed by atoms with Crippen LogP contribution in [0.15, 0.2) is 0 Å². The van der Waals surface area contributed by atoms with Gasteiger partial charge in [0.05, 0.1) is 6.04 Å². The zero-order chi connectivity index (χ0) is 12.9.